The van der Waals surface area contributed by atoms with Crippen LogP contribution in [0.15, 0.2) is 12.1 Å². The van der Waals surface area contributed by atoms with Gasteiger partial charge in [-0.15, -0.1) is 0 Å². The number of hydrogen-bond acceptors (Lipinski definition) is 5. The molecule has 0 aliphatic heterocycles. The van der Waals surface area contributed by atoms with Gasteiger partial charge in [0, 0.05) is 24.6 Å². The monoisotopic (exact) mass is 294 g/mol. The van der Waals surface area contributed by atoms with Crippen LogP contribution in [0.4, 0.5) is 5.69 Å². The van der Waals surface area contributed by atoms with Crippen molar-refractivity contribution in [3.63, 3.8) is 0 Å². The molecular formula is C15H22N2O4. The lowest BCUT2D eigenvalue weighted by atomic mass is 9.86. The number of rotatable bonds is 6. The molecule has 1 aromatic carbocycles. The summed E-state index contributed by atoms with van der Waals surface area (Å²) in [5, 5.41) is 11.0. The summed E-state index contributed by atoms with van der Waals surface area (Å²) in [6, 6.07) is 3.24. The molecule has 0 aromatic heterocycles. The van der Waals surface area contributed by atoms with Gasteiger partial charge in [0.15, 0.2) is 0 Å². The van der Waals surface area contributed by atoms with E-state index < -0.39 is 0 Å². The molecule has 1 aromatic rings. The van der Waals surface area contributed by atoms with Gasteiger partial charge in [0.25, 0.3) is 5.69 Å². The van der Waals surface area contributed by atoms with Gasteiger partial charge in [-0.3, -0.25) is 10.1 Å². The Morgan fingerprint density at radius 3 is 2.67 bits per heavy atom. The van der Waals surface area contributed by atoms with Gasteiger partial charge >= 0.3 is 0 Å². The Balaban J connectivity index is 2.12. The molecule has 1 fully saturated rings. The van der Waals surface area contributed by atoms with Crippen molar-refractivity contribution in [3.8, 4) is 5.75 Å². The van der Waals surface area contributed by atoms with Crippen LogP contribution in [-0.2, 0) is 4.74 Å². The molecule has 1 aliphatic carbocycles. The fourth-order valence-electron chi connectivity index (χ4n) is 2.52. The number of nitrogens with zero attached hydrogens (tertiary/aromatic N) is 1. The van der Waals surface area contributed by atoms with Crippen LogP contribution < -0.4 is 10.5 Å². The smallest absolute Gasteiger partial charge is 0.276 e. The molecule has 21 heavy (non-hydrogen) atoms. The average Bonchev–Trinajstić information content (AvgIpc) is 2.40. The largest absolute Gasteiger partial charge is 0.487 e. The molecule has 3 atom stereocenters. The van der Waals surface area contributed by atoms with Crippen molar-refractivity contribution in [3.05, 3.63) is 33.4 Å². The Hall–Kier alpha value is -1.66. The predicted molar refractivity (Wildman–Crippen MR) is 79.6 cm³/mol. The van der Waals surface area contributed by atoms with E-state index in [0.29, 0.717) is 24.3 Å². The maximum absolute atomic E-state index is 11.0. The molecule has 6 nitrogen and oxygen atoms in total. The summed E-state index contributed by atoms with van der Waals surface area (Å²) in [5.74, 6) is 0.536. The third-order valence-electron chi connectivity index (χ3n) is 3.78. The number of benzene rings is 1. The molecule has 6 heteroatoms. The van der Waals surface area contributed by atoms with Crippen LogP contribution in [0.5, 0.6) is 5.75 Å². The highest BCUT2D eigenvalue weighted by Crippen LogP contribution is 2.33. The second-order valence-electron chi connectivity index (χ2n) is 5.55. The summed E-state index contributed by atoms with van der Waals surface area (Å²) in [4.78, 5) is 10.6. The fraction of sp³-hybridized carbons (Fsp3) is 0.600. The summed E-state index contributed by atoms with van der Waals surface area (Å²) in [7, 11) is 0. The van der Waals surface area contributed by atoms with Gasteiger partial charge in [-0.2, -0.15) is 0 Å². The molecule has 2 rings (SSSR count). The zero-order chi connectivity index (χ0) is 15.6. The van der Waals surface area contributed by atoms with E-state index in [0.717, 1.165) is 12.0 Å². The molecule has 3 unspecified atom stereocenters. The third-order valence-corrected chi connectivity index (χ3v) is 3.78. The van der Waals surface area contributed by atoms with E-state index >= 15 is 0 Å². The minimum Gasteiger partial charge on any atom is -0.487 e. The highest BCUT2D eigenvalue weighted by Gasteiger charge is 2.41. The van der Waals surface area contributed by atoms with Crippen molar-refractivity contribution < 1.29 is 14.4 Å². The molecule has 2 N–H and O–H groups in total. The van der Waals surface area contributed by atoms with Gasteiger partial charge in [-0.25, -0.2) is 0 Å². The van der Waals surface area contributed by atoms with Gasteiger partial charge in [0.05, 0.1) is 11.0 Å². The highest BCUT2D eigenvalue weighted by atomic mass is 16.6. The van der Waals surface area contributed by atoms with Crippen LogP contribution in [-0.4, -0.2) is 29.8 Å². The molecule has 1 saturated carbocycles. The molecule has 0 amide bonds. The van der Waals surface area contributed by atoms with Crippen LogP contribution in [0.2, 0.25) is 0 Å². The van der Waals surface area contributed by atoms with Crippen LogP contribution in [0.3, 0.4) is 0 Å². The van der Waals surface area contributed by atoms with E-state index in [-0.39, 0.29) is 28.9 Å². The SMILES string of the molecule is CCCOC1C(N)CC1Oc1cc([N+](=O)[O-])c(C)cc1C. The Bertz CT molecular complexity index is 533. The lowest BCUT2D eigenvalue weighted by Gasteiger charge is -2.42. The highest BCUT2D eigenvalue weighted by molar-refractivity contribution is 5.49. The van der Waals surface area contributed by atoms with Crippen LogP contribution in [0.25, 0.3) is 0 Å². The van der Waals surface area contributed by atoms with Gasteiger partial charge in [-0.05, 0) is 31.9 Å². The van der Waals surface area contributed by atoms with E-state index in [9.17, 15) is 10.1 Å². The number of nitrogens with two attached hydrogens (primary N) is 1. The van der Waals surface area contributed by atoms with Crippen molar-refractivity contribution in [1.29, 1.82) is 0 Å². The summed E-state index contributed by atoms with van der Waals surface area (Å²) in [6.07, 6.45) is 1.36. The van der Waals surface area contributed by atoms with Crippen LogP contribution in [0, 0.1) is 24.0 Å². The quantitative estimate of drug-likeness (QED) is 0.643. The van der Waals surface area contributed by atoms with E-state index in [2.05, 4.69) is 0 Å². The Morgan fingerprint density at radius 1 is 1.38 bits per heavy atom. The van der Waals surface area contributed by atoms with E-state index in [1.54, 1.807) is 13.0 Å². The van der Waals surface area contributed by atoms with Crippen molar-refractivity contribution in [2.45, 2.75) is 51.9 Å². The number of nitro benzene ring substituents is 1. The molecular weight excluding hydrogens is 272 g/mol. The Morgan fingerprint density at radius 2 is 2.10 bits per heavy atom. The summed E-state index contributed by atoms with van der Waals surface area (Å²) >= 11 is 0. The normalized spacial score (nSPS) is 24.5. The first kappa shape index (κ1) is 15.7. The van der Waals surface area contributed by atoms with E-state index in [1.165, 1.54) is 6.07 Å². The van der Waals surface area contributed by atoms with Crippen molar-refractivity contribution in [2.75, 3.05) is 6.61 Å². The first-order valence-corrected chi connectivity index (χ1v) is 7.23. The maximum Gasteiger partial charge on any atom is 0.276 e. The molecule has 0 radical (unpaired) electrons. The second-order valence-corrected chi connectivity index (χ2v) is 5.55. The zero-order valence-electron chi connectivity index (χ0n) is 12.7. The second kappa shape index (κ2) is 6.41. The van der Waals surface area contributed by atoms with Crippen molar-refractivity contribution in [1.82, 2.24) is 0 Å². The topological polar surface area (TPSA) is 87.6 Å². The number of hydrogen-bond donors (Lipinski definition) is 1. The van der Waals surface area contributed by atoms with Crippen LogP contribution in [0.1, 0.15) is 30.9 Å². The number of ether oxygens (including phenoxy) is 2. The lowest BCUT2D eigenvalue weighted by molar-refractivity contribution is -0.385. The van der Waals surface area contributed by atoms with E-state index in [1.807, 2.05) is 13.8 Å². The van der Waals surface area contributed by atoms with Crippen molar-refractivity contribution in [2.24, 2.45) is 5.73 Å². The lowest BCUT2D eigenvalue weighted by Crippen LogP contribution is -2.59. The minimum absolute atomic E-state index is 0.0257. The summed E-state index contributed by atoms with van der Waals surface area (Å²) < 4.78 is 11.6. The fourth-order valence-corrected chi connectivity index (χ4v) is 2.52. The van der Waals surface area contributed by atoms with Crippen molar-refractivity contribution >= 4 is 5.69 Å². The summed E-state index contributed by atoms with van der Waals surface area (Å²) in [6.45, 7) is 6.28. The van der Waals surface area contributed by atoms with Gasteiger partial charge in [0.2, 0.25) is 0 Å². The maximum atomic E-state index is 11.0. The van der Waals surface area contributed by atoms with E-state index in [4.69, 9.17) is 15.2 Å². The standard InChI is InChI=1S/C15H22N2O4/c1-4-5-20-15-11(16)7-14(15)21-13-8-12(17(18)19)9(2)6-10(13)3/h6,8,11,14-15H,4-5,7,16H2,1-3H3. The molecule has 0 bridgehead atoms. The number of aryl methyl sites for hydroxylation is 2. The van der Waals surface area contributed by atoms with Crippen LogP contribution >= 0.6 is 0 Å². The Labute approximate surface area is 124 Å². The first-order valence-electron chi connectivity index (χ1n) is 7.23. The minimum atomic E-state index is -0.390. The van der Waals surface area contributed by atoms with Gasteiger partial charge in [0.1, 0.15) is 18.0 Å². The van der Waals surface area contributed by atoms with Gasteiger partial charge < -0.3 is 15.2 Å². The molecule has 0 heterocycles. The third kappa shape index (κ3) is 3.33. The number of nitro groups is 1. The predicted octanol–water partition coefficient (Wildman–Crippen LogP) is 2.49. The molecule has 1 aliphatic rings. The average molecular weight is 294 g/mol. The molecule has 0 spiro atoms. The zero-order valence-corrected chi connectivity index (χ0v) is 12.7. The first-order chi connectivity index (χ1) is 9.93. The Kier molecular flexibility index (Phi) is 4.80. The molecule has 0 saturated heterocycles. The molecule has 116 valence electrons. The summed E-state index contributed by atoms with van der Waals surface area (Å²) in [5.41, 5.74) is 7.52. The van der Waals surface area contributed by atoms with Gasteiger partial charge in [-0.1, -0.05) is 6.92 Å².